The summed E-state index contributed by atoms with van der Waals surface area (Å²) in [5.41, 5.74) is 8.00. The quantitative estimate of drug-likeness (QED) is 0.437. The number of hydrogen-bond acceptors (Lipinski definition) is 5. The zero-order valence-corrected chi connectivity index (χ0v) is 19.5. The number of benzene rings is 3. The lowest BCUT2D eigenvalue weighted by molar-refractivity contribution is -0.141. The van der Waals surface area contributed by atoms with E-state index in [0.717, 1.165) is 46.3 Å². The SMILES string of the molecule is O=C(O)CCC(=O)N1N=C2c3cccc(-c4ccccc4)c3CCC2C1c1ccc2nccnc2c1. The van der Waals surface area contributed by atoms with Crippen LogP contribution in [0.15, 0.2) is 84.2 Å². The third-order valence-corrected chi connectivity index (χ3v) is 7.10. The third kappa shape index (κ3) is 3.82. The van der Waals surface area contributed by atoms with Crippen LogP contribution in [0, 0.1) is 5.92 Å². The molecule has 0 spiro atoms. The van der Waals surface area contributed by atoms with Crippen LogP contribution in [0.3, 0.4) is 0 Å². The lowest BCUT2D eigenvalue weighted by atomic mass is 9.75. The van der Waals surface area contributed by atoms with Crippen molar-refractivity contribution in [3.8, 4) is 11.1 Å². The summed E-state index contributed by atoms with van der Waals surface area (Å²) in [6.07, 6.45) is 4.69. The highest BCUT2D eigenvalue weighted by Gasteiger charge is 2.44. The first-order valence-electron chi connectivity index (χ1n) is 12.1. The topological polar surface area (TPSA) is 95.8 Å². The molecule has 1 aromatic heterocycles. The molecule has 0 fully saturated rings. The standard InChI is InChI=1S/C29H24N4O3/c34-26(13-14-27(35)36)33-29(19-9-12-24-25(17-19)31-16-15-30-24)23-11-10-21-20(18-5-2-1-3-6-18)7-4-8-22(21)28(23)32-33/h1-9,12,15-17,23,29H,10-11,13-14H2,(H,35,36). The van der Waals surface area contributed by atoms with Gasteiger partial charge in [-0.15, -0.1) is 0 Å². The number of aromatic nitrogens is 2. The number of carboxylic acids is 1. The van der Waals surface area contributed by atoms with Crippen molar-refractivity contribution >= 4 is 28.6 Å². The Morgan fingerprint density at radius 3 is 2.47 bits per heavy atom. The molecule has 0 radical (unpaired) electrons. The van der Waals surface area contributed by atoms with E-state index in [0.29, 0.717) is 0 Å². The Bertz CT molecular complexity index is 1520. The number of carbonyl (C=O) groups excluding carboxylic acids is 1. The van der Waals surface area contributed by atoms with Gasteiger partial charge in [0.15, 0.2) is 0 Å². The summed E-state index contributed by atoms with van der Waals surface area (Å²) in [6, 6.07) is 22.1. The second-order valence-electron chi connectivity index (χ2n) is 9.21. The zero-order valence-electron chi connectivity index (χ0n) is 19.5. The molecule has 1 amide bonds. The van der Waals surface area contributed by atoms with E-state index in [2.05, 4.69) is 34.2 Å². The van der Waals surface area contributed by atoms with Gasteiger partial charge in [0.05, 0.1) is 29.2 Å². The molecular formula is C29H24N4O3. The molecular weight excluding hydrogens is 452 g/mol. The third-order valence-electron chi connectivity index (χ3n) is 7.10. The van der Waals surface area contributed by atoms with Crippen molar-refractivity contribution in [2.45, 2.75) is 31.7 Å². The Labute approximate surface area is 208 Å². The normalized spacial score (nSPS) is 18.4. The molecule has 3 aromatic carbocycles. The van der Waals surface area contributed by atoms with Crippen molar-refractivity contribution in [2.75, 3.05) is 0 Å². The minimum Gasteiger partial charge on any atom is -0.481 e. The van der Waals surface area contributed by atoms with Crippen LogP contribution in [-0.4, -0.2) is 37.7 Å². The Morgan fingerprint density at radius 1 is 0.889 bits per heavy atom. The van der Waals surface area contributed by atoms with Crippen molar-refractivity contribution in [2.24, 2.45) is 11.0 Å². The van der Waals surface area contributed by atoms with Gasteiger partial charge in [0.2, 0.25) is 5.91 Å². The first-order valence-corrected chi connectivity index (χ1v) is 12.1. The maximum absolute atomic E-state index is 13.3. The van der Waals surface area contributed by atoms with E-state index in [1.54, 1.807) is 12.4 Å². The minimum absolute atomic E-state index is 0.00595. The number of hydrogen-bond donors (Lipinski definition) is 1. The first-order chi connectivity index (χ1) is 17.6. The second kappa shape index (κ2) is 9.00. The number of hydrazone groups is 1. The lowest BCUT2D eigenvalue weighted by Gasteiger charge is -2.30. The minimum atomic E-state index is -0.997. The van der Waals surface area contributed by atoms with Crippen LogP contribution in [0.4, 0.5) is 0 Å². The summed E-state index contributed by atoms with van der Waals surface area (Å²) in [4.78, 5) is 33.3. The maximum atomic E-state index is 13.3. The number of nitrogens with zero attached hydrogens (tertiary/aromatic N) is 4. The van der Waals surface area contributed by atoms with E-state index in [1.165, 1.54) is 16.1 Å². The van der Waals surface area contributed by atoms with Gasteiger partial charge >= 0.3 is 5.97 Å². The van der Waals surface area contributed by atoms with Gasteiger partial charge < -0.3 is 5.11 Å². The van der Waals surface area contributed by atoms with Crippen LogP contribution in [0.2, 0.25) is 0 Å². The summed E-state index contributed by atoms with van der Waals surface area (Å²) in [7, 11) is 0. The number of carboxylic acid groups (broad SMARTS) is 1. The molecule has 0 bridgehead atoms. The van der Waals surface area contributed by atoms with Crippen LogP contribution in [0.25, 0.3) is 22.2 Å². The predicted octanol–water partition coefficient (Wildman–Crippen LogP) is 5.01. The van der Waals surface area contributed by atoms with Crippen molar-refractivity contribution < 1.29 is 14.7 Å². The summed E-state index contributed by atoms with van der Waals surface area (Å²) >= 11 is 0. The van der Waals surface area contributed by atoms with E-state index >= 15 is 0 Å². The van der Waals surface area contributed by atoms with Gasteiger partial charge in [0.25, 0.3) is 0 Å². The summed E-state index contributed by atoms with van der Waals surface area (Å²) in [5.74, 6) is -1.28. The van der Waals surface area contributed by atoms with E-state index in [9.17, 15) is 9.59 Å². The van der Waals surface area contributed by atoms with Crippen molar-refractivity contribution in [3.63, 3.8) is 0 Å². The largest absolute Gasteiger partial charge is 0.481 e. The number of amides is 1. The Hall–Kier alpha value is -4.39. The van der Waals surface area contributed by atoms with Gasteiger partial charge in [0.1, 0.15) is 0 Å². The van der Waals surface area contributed by atoms with Crippen molar-refractivity contribution in [1.29, 1.82) is 0 Å². The number of aliphatic carboxylic acids is 1. The van der Waals surface area contributed by atoms with E-state index in [-0.39, 0.29) is 30.7 Å². The molecule has 1 aliphatic heterocycles. The molecule has 4 aromatic rings. The van der Waals surface area contributed by atoms with Gasteiger partial charge in [0, 0.05) is 30.3 Å². The van der Waals surface area contributed by atoms with E-state index in [4.69, 9.17) is 10.2 Å². The molecule has 2 unspecified atom stereocenters. The first kappa shape index (κ1) is 22.1. The fourth-order valence-electron chi connectivity index (χ4n) is 5.48. The molecule has 1 aliphatic carbocycles. The molecule has 2 atom stereocenters. The maximum Gasteiger partial charge on any atom is 0.303 e. The van der Waals surface area contributed by atoms with Crippen LogP contribution < -0.4 is 0 Å². The fraction of sp³-hybridized carbons (Fsp3) is 0.207. The molecule has 7 nitrogen and oxygen atoms in total. The molecule has 1 N–H and O–H groups in total. The number of rotatable bonds is 5. The molecule has 36 heavy (non-hydrogen) atoms. The van der Waals surface area contributed by atoms with Gasteiger partial charge in [-0.3, -0.25) is 19.6 Å². The average molecular weight is 477 g/mol. The van der Waals surface area contributed by atoms with Crippen LogP contribution in [0.5, 0.6) is 0 Å². The molecule has 0 saturated carbocycles. The molecule has 7 heteroatoms. The molecule has 2 heterocycles. The average Bonchev–Trinajstić information content (AvgIpc) is 3.32. The molecule has 178 valence electrons. The molecule has 6 rings (SSSR count). The second-order valence-corrected chi connectivity index (χ2v) is 9.21. The molecule has 0 saturated heterocycles. The monoisotopic (exact) mass is 476 g/mol. The van der Waals surface area contributed by atoms with Crippen molar-refractivity contribution in [3.05, 3.63) is 95.8 Å². The lowest BCUT2D eigenvalue weighted by Crippen LogP contribution is -2.32. The number of carbonyl (C=O) groups is 2. The van der Waals surface area contributed by atoms with E-state index in [1.807, 2.05) is 42.5 Å². The number of fused-ring (bicyclic) bond motifs is 4. The highest BCUT2D eigenvalue weighted by atomic mass is 16.4. The van der Waals surface area contributed by atoms with Crippen LogP contribution in [-0.2, 0) is 16.0 Å². The Kier molecular flexibility index (Phi) is 5.52. The van der Waals surface area contributed by atoms with Gasteiger partial charge in [-0.25, -0.2) is 5.01 Å². The fourth-order valence-corrected chi connectivity index (χ4v) is 5.48. The van der Waals surface area contributed by atoms with Gasteiger partial charge in [-0.05, 0) is 47.2 Å². The summed E-state index contributed by atoms with van der Waals surface area (Å²) in [5, 5.41) is 15.6. The smallest absolute Gasteiger partial charge is 0.303 e. The highest BCUT2D eigenvalue weighted by molar-refractivity contribution is 6.08. The Morgan fingerprint density at radius 2 is 1.67 bits per heavy atom. The van der Waals surface area contributed by atoms with Crippen LogP contribution >= 0.6 is 0 Å². The molecule has 2 aliphatic rings. The van der Waals surface area contributed by atoms with Crippen molar-refractivity contribution in [1.82, 2.24) is 15.0 Å². The van der Waals surface area contributed by atoms with Gasteiger partial charge in [-0.1, -0.05) is 54.6 Å². The summed E-state index contributed by atoms with van der Waals surface area (Å²) < 4.78 is 0. The predicted molar refractivity (Wildman–Crippen MR) is 136 cm³/mol. The summed E-state index contributed by atoms with van der Waals surface area (Å²) in [6.45, 7) is 0. The Balaban J connectivity index is 1.44. The van der Waals surface area contributed by atoms with Crippen LogP contribution in [0.1, 0.15) is 42.0 Å². The highest BCUT2D eigenvalue weighted by Crippen LogP contribution is 2.45. The van der Waals surface area contributed by atoms with E-state index < -0.39 is 5.97 Å². The van der Waals surface area contributed by atoms with Gasteiger partial charge in [-0.2, -0.15) is 5.10 Å². The zero-order chi connectivity index (χ0) is 24.6.